The molecule has 7 nitrogen and oxygen atoms in total. The van der Waals surface area contributed by atoms with Crippen LogP contribution in [0.15, 0.2) is 30.3 Å². The summed E-state index contributed by atoms with van der Waals surface area (Å²) in [5.74, 6) is -1.40. The number of carbonyl (C=O) groups excluding carboxylic acids is 3. The van der Waals surface area contributed by atoms with E-state index in [1.807, 2.05) is 0 Å². The van der Waals surface area contributed by atoms with Crippen LogP contribution in [-0.4, -0.2) is 28.9 Å². The monoisotopic (exact) mass is 389 g/mol. The molecule has 1 heterocycles. The number of nitrogens with one attached hydrogen (secondary N) is 2. The summed E-state index contributed by atoms with van der Waals surface area (Å²) in [4.78, 5) is 39.7. The molecule has 142 valence electrons. The summed E-state index contributed by atoms with van der Waals surface area (Å²) in [5, 5.41) is 5.31. The number of aryl methyl sites for hydroxylation is 2. The van der Waals surface area contributed by atoms with Gasteiger partial charge in [-0.05, 0) is 56.7 Å². The summed E-state index contributed by atoms with van der Waals surface area (Å²) in [7, 11) is 0. The second-order valence-corrected chi connectivity index (χ2v) is 6.40. The largest absolute Gasteiger partial charge is 0.449 e. The van der Waals surface area contributed by atoms with Crippen molar-refractivity contribution in [3.8, 4) is 0 Å². The van der Waals surface area contributed by atoms with Crippen molar-refractivity contribution in [2.24, 2.45) is 0 Å². The van der Waals surface area contributed by atoms with Crippen molar-refractivity contribution in [1.29, 1.82) is 0 Å². The fourth-order valence-corrected chi connectivity index (χ4v) is 2.75. The van der Waals surface area contributed by atoms with Gasteiger partial charge in [0.25, 0.3) is 5.91 Å². The van der Waals surface area contributed by atoms with Gasteiger partial charge in [0.2, 0.25) is 5.91 Å². The average molecular weight is 390 g/mol. The molecule has 0 aliphatic carbocycles. The minimum absolute atomic E-state index is 0.0404. The highest BCUT2D eigenvalue weighted by atomic mass is 35.5. The van der Waals surface area contributed by atoms with Crippen LogP contribution < -0.4 is 10.6 Å². The summed E-state index contributed by atoms with van der Waals surface area (Å²) in [5.41, 5.74) is 2.56. The Labute approximate surface area is 162 Å². The Morgan fingerprint density at radius 2 is 1.63 bits per heavy atom. The van der Waals surface area contributed by atoms with Crippen molar-refractivity contribution in [2.45, 2.75) is 33.8 Å². The Balaban J connectivity index is 2.01. The van der Waals surface area contributed by atoms with Gasteiger partial charge in [-0.15, -0.1) is 0 Å². The van der Waals surface area contributed by atoms with Crippen LogP contribution in [0.1, 0.15) is 35.5 Å². The lowest BCUT2D eigenvalue weighted by atomic mass is 10.1. The fraction of sp³-hybridized carbons (Fsp3) is 0.263. The van der Waals surface area contributed by atoms with Crippen molar-refractivity contribution >= 4 is 40.8 Å². The number of amides is 2. The summed E-state index contributed by atoms with van der Waals surface area (Å²) >= 11 is 6.03. The molecule has 2 rings (SSSR count). The Morgan fingerprint density at radius 1 is 1.07 bits per heavy atom. The van der Waals surface area contributed by atoms with Crippen LogP contribution in [0.2, 0.25) is 5.15 Å². The normalized spacial score (nSPS) is 11.4. The smallest absolute Gasteiger partial charge is 0.342 e. The quantitative estimate of drug-likeness (QED) is 0.602. The molecule has 27 heavy (non-hydrogen) atoms. The number of nitrogens with zero attached hydrogens (tertiary/aromatic N) is 1. The number of carbonyl (C=O) groups is 3. The Hall–Kier alpha value is -2.93. The van der Waals surface area contributed by atoms with Crippen molar-refractivity contribution in [1.82, 2.24) is 4.98 Å². The zero-order chi connectivity index (χ0) is 20.1. The van der Waals surface area contributed by atoms with Crippen LogP contribution in [0.5, 0.6) is 0 Å². The minimum Gasteiger partial charge on any atom is -0.449 e. The van der Waals surface area contributed by atoms with E-state index < -0.39 is 18.0 Å². The van der Waals surface area contributed by atoms with Gasteiger partial charge in [0, 0.05) is 24.0 Å². The first-order valence-electron chi connectivity index (χ1n) is 8.20. The zero-order valence-corrected chi connectivity index (χ0v) is 16.2. The molecule has 1 atom stereocenters. The first-order valence-corrected chi connectivity index (χ1v) is 8.58. The molecule has 2 amide bonds. The van der Waals surface area contributed by atoms with Gasteiger partial charge in [0.05, 0.1) is 5.56 Å². The van der Waals surface area contributed by atoms with Gasteiger partial charge in [-0.3, -0.25) is 9.59 Å². The number of rotatable bonds is 5. The first-order chi connectivity index (χ1) is 12.7. The summed E-state index contributed by atoms with van der Waals surface area (Å²) in [6, 6.07) is 8.26. The molecule has 8 heteroatoms. The fourth-order valence-electron chi connectivity index (χ4n) is 2.39. The number of esters is 1. The van der Waals surface area contributed by atoms with Gasteiger partial charge in [-0.1, -0.05) is 11.6 Å². The van der Waals surface area contributed by atoms with Crippen LogP contribution in [0, 0.1) is 13.8 Å². The minimum atomic E-state index is -1.04. The van der Waals surface area contributed by atoms with Gasteiger partial charge in [-0.25, -0.2) is 9.78 Å². The maximum atomic E-state index is 12.3. The number of anilines is 2. The predicted octanol–water partition coefficient (Wildman–Crippen LogP) is 3.49. The van der Waals surface area contributed by atoms with Crippen LogP contribution in [0.25, 0.3) is 0 Å². The van der Waals surface area contributed by atoms with Crippen LogP contribution >= 0.6 is 11.6 Å². The van der Waals surface area contributed by atoms with E-state index in [4.69, 9.17) is 16.3 Å². The second-order valence-electron chi connectivity index (χ2n) is 6.04. The van der Waals surface area contributed by atoms with Crippen molar-refractivity contribution < 1.29 is 19.1 Å². The molecule has 0 radical (unpaired) electrons. The molecule has 1 aromatic heterocycles. The van der Waals surface area contributed by atoms with E-state index in [0.717, 1.165) is 0 Å². The third-order valence-corrected chi connectivity index (χ3v) is 3.90. The Morgan fingerprint density at radius 3 is 2.15 bits per heavy atom. The number of ether oxygens (including phenoxy) is 1. The lowest BCUT2D eigenvalue weighted by Gasteiger charge is -2.15. The van der Waals surface area contributed by atoms with Gasteiger partial charge in [0.15, 0.2) is 6.10 Å². The summed E-state index contributed by atoms with van der Waals surface area (Å²) in [6.07, 6.45) is -1.04. The van der Waals surface area contributed by atoms with E-state index in [9.17, 15) is 14.4 Å². The first kappa shape index (κ1) is 20.4. The van der Waals surface area contributed by atoms with Gasteiger partial charge >= 0.3 is 5.97 Å². The number of hydrogen-bond acceptors (Lipinski definition) is 5. The highest BCUT2D eigenvalue weighted by Gasteiger charge is 2.23. The molecule has 0 aliphatic heterocycles. The molecule has 1 aromatic carbocycles. The Kier molecular flexibility index (Phi) is 6.52. The molecule has 2 aromatic rings. The number of pyridine rings is 1. The van der Waals surface area contributed by atoms with Crippen molar-refractivity contribution in [2.75, 3.05) is 10.6 Å². The SMILES string of the molecule is CC(=O)Nc1ccc(NC(=O)[C@H](C)OC(=O)c2c(C)cc(C)nc2Cl)cc1. The number of halogens is 1. The van der Waals surface area contributed by atoms with Gasteiger partial charge < -0.3 is 15.4 Å². The maximum absolute atomic E-state index is 12.3. The van der Waals surface area contributed by atoms with Crippen molar-refractivity contribution in [3.05, 3.63) is 52.3 Å². The Bertz CT molecular complexity index is 858. The molecule has 0 saturated heterocycles. The van der Waals surface area contributed by atoms with E-state index in [-0.39, 0.29) is 16.6 Å². The molecule has 0 saturated carbocycles. The zero-order valence-electron chi connectivity index (χ0n) is 15.4. The summed E-state index contributed by atoms with van der Waals surface area (Å²) < 4.78 is 5.22. The molecule has 0 unspecified atom stereocenters. The number of hydrogen-bond donors (Lipinski definition) is 2. The number of benzene rings is 1. The summed E-state index contributed by atoms with van der Waals surface area (Å²) in [6.45, 7) is 6.35. The molecule has 0 spiro atoms. The molecular formula is C19H20ClN3O4. The maximum Gasteiger partial charge on any atom is 0.342 e. The van der Waals surface area contributed by atoms with E-state index >= 15 is 0 Å². The van der Waals surface area contributed by atoms with E-state index in [1.54, 1.807) is 44.2 Å². The van der Waals surface area contributed by atoms with Gasteiger partial charge in [0.1, 0.15) is 5.15 Å². The second kappa shape index (κ2) is 8.64. The third kappa shape index (κ3) is 5.52. The molecule has 0 bridgehead atoms. The molecule has 0 aliphatic rings. The van der Waals surface area contributed by atoms with Gasteiger partial charge in [-0.2, -0.15) is 0 Å². The van der Waals surface area contributed by atoms with Crippen LogP contribution in [0.4, 0.5) is 11.4 Å². The standard InChI is InChI=1S/C19H20ClN3O4/c1-10-9-11(2)21-17(20)16(10)19(26)27-12(3)18(25)23-15-7-5-14(6-8-15)22-13(4)24/h5-9,12H,1-4H3,(H,22,24)(H,23,25)/t12-/m0/s1. The third-order valence-electron chi connectivity index (χ3n) is 3.63. The highest BCUT2D eigenvalue weighted by Crippen LogP contribution is 2.21. The average Bonchev–Trinajstić information content (AvgIpc) is 2.55. The van der Waals surface area contributed by atoms with Crippen LogP contribution in [-0.2, 0) is 14.3 Å². The van der Waals surface area contributed by atoms with Crippen molar-refractivity contribution in [3.63, 3.8) is 0 Å². The topological polar surface area (TPSA) is 97.4 Å². The molecule has 2 N–H and O–H groups in total. The molecule has 0 fully saturated rings. The lowest BCUT2D eigenvalue weighted by molar-refractivity contribution is -0.123. The molecular weight excluding hydrogens is 370 g/mol. The lowest BCUT2D eigenvalue weighted by Crippen LogP contribution is -2.30. The van der Waals surface area contributed by atoms with Crippen LogP contribution in [0.3, 0.4) is 0 Å². The van der Waals surface area contributed by atoms with E-state index in [2.05, 4.69) is 15.6 Å². The predicted molar refractivity (Wildman–Crippen MR) is 103 cm³/mol. The van der Waals surface area contributed by atoms with E-state index in [0.29, 0.717) is 22.6 Å². The van der Waals surface area contributed by atoms with E-state index in [1.165, 1.54) is 13.8 Å². The highest BCUT2D eigenvalue weighted by molar-refractivity contribution is 6.32. The number of aromatic nitrogens is 1.